The quantitative estimate of drug-likeness (QED) is 0.706. The van der Waals surface area contributed by atoms with Crippen molar-refractivity contribution in [2.45, 2.75) is 19.8 Å². The molecule has 0 bridgehead atoms. The smallest absolute Gasteiger partial charge is 0.105 e. The summed E-state index contributed by atoms with van der Waals surface area (Å²) in [5.41, 5.74) is 2.40. The van der Waals surface area contributed by atoms with Gasteiger partial charge in [0.1, 0.15) is 5.52 Å². The van der Waals surface area contributed by atoms with Gasteiger partial charge < -0.3 is 0 Å². The number of benzene rings is 1. The van der Waals surface area contributed by atoms with Crippen molar-refractivity contribution in [2.75, 3.05) is 0 Å². The van der Waals surface area contributed by atoms with E-state index in [1.165, 1.54) is 28.2 Å². The number of fused-ring (bicyclic) bond motifs is 1. The molecule has 0 spiro atoms. The van der Waals surface area contributed by atoms with E-state index in [-0.39, 0.29) is 0 Å². The van der Waals surface area contributed by atoms with Gasteiger partial charge in [-0.15, -0.1) is 5.10 Å². The molecule has 1 aromatic heterocycles. The molecule has 0 unspecified atom stereocenters. The Labute approximate surface area is 75.4 Å². The SMILES string of the molecule is CCCc1ccc2nnsc2c1. The summed E-state index contributed by atoms with van der Waals surface area (Å²) in [5, 5.41) is 3.99. The van der Waals surface area contributed by atoms with Crippen LogP contribution >= 0.6 is 11.5 Å². The lowest BCUT2D eigenvalue weighted by Crippen LogP contribution is -1.80. The molecule has 0 aliphatic rings. The molecular weight excluding hydrogens is 168 g/mol. The van der Waals surface area contributed by atoms with Gasteiger partial charge >= 0.3 is 0 Å². The van der Waals surface area contributed by atoms with Crippen molar-refractivity contribution in [3.05, 3.63) is 23.8 Å². The highest BCUT2D eigenvalue weighted by atomic mass is 32.1. The van der Waals surface area contributed by atoms with Crippen molar-refractivity contribution in [1.29, 1.82) is 0 Å². The first kappa shape index (κ1) is 7.68. The summed E-state index contributed by atoms with van der Waals surface area (Å²) < 4.78 is 5.09. The molecule has 0 N–H and O–H groups in total. The molecular formula is C9H10N2S. The average Bonchev–Trinajstić information content (AvgIpc) is 2.51. The van der Waals surface area contributed by atoms with Crippen LogP contribution in [0.4, 0.5) is 0 Å². The van der Waals surface area contributed by atoms with Crippen molar-refractivity contribution >= 4 is 21.7 Å². The summed E-state index contributed by atoms with van der Waals surface area (Å²) in [7, 11) is 0. The molecule has 3 heteroatoms. The van der Waals surface area contributed by atoms with E-state index in [1.807, 2.05) is 6.07 Å². The first-order chi connectivity index (χ1) is 5.90. The molecule has 1 aromatic carbocycles. The minimum atomic E-state index is 1.01. The Morgan fingerprint density at radius 3 is 3.17 bits per heavy atom. The molecule has 12 heavy (non-hydrogen) atoms. The second-order valence-electron chi connectivity index (χ2n) is 2.83. The average molecular weight is 178 g/mol. The van der Waals surface area contributed by atoms with Crippen LogP contribution in [0.25, 0.3) is 10.2 Å². The molecule has 1 heterocycles. The van der Waals surface area contributed by atoms with Crippen LogP contribution in [0.3, 0.4) is 0 Å². The van der Waals surface area contributed by atoms with E-state index < -0.39 is 0 Å². The highest BCUT2D eigenvalue weighted by Gasteiger charge is 1.98. The van der Waals surface area contributed by atoms with Gasteiger partial charge in [0.05, 0.1) is 4.70 Å². The van der Waals surface area contributed by atoms with Gasteiger partial charge in [0.2, 0.25) is 0 Å². The number of aryl methyl sites for hydroxylation is 1. The normalized spacial score (nSPS) is 10.8. The fourth-order valence-corrected chi connectivity index (χ4v) is 1.89. The lowest BCUT2D eigenvalue weighted by molar-refractivity contribution is 0.924. The summed E-state index contributed by atoms with van der Waals surface area (Å²) in [5.74, 6) is 0. The van der Waals surface area contributed by atoms with E-state index in [9.17, 15) is 0 Å². The van der Waals surface area contributed by atoms with Crippen molar-refractivity contribution < 1.29 is 0 Å². The third-order valence-electron chi connectivity index (χ3n) is 1.85. The molecule has 0 amide bonds. The molecule has 0 aliphatic heterocycles. The lowest BCUT2D eigenvalue weighted by Gasteiger charge is -1.95. The first-order valence-electron chi connectivity index (χ1n) is 4.11. The predicted octanol–water partition coefficient (Wildman–Crippen LogP) is 2.64. The van der Waals surface area contributed by atoms with Crippen molar-refractivity contribution in [3.8, 4) is 0 Å². The summed E-state index contributed by atoms with van der Waals surface area (Å²) in [6.07, 6.45) is 2.34. The molecule has 0 saturated carbocycles. The van der Waals surface area contributed by atoms with Crippen LogP contribution in [-0.2, 0) is 6.42 Å². The second kappa shape index (κ2) is 3.19. The number of hydrogen-bond donors (Lipinski definition) is 0. The van der Waals surface area contributed by atoms with Crippen LogP contribution in [0.2, 0.25) is 0 Å². The maximum atomic E-state index is 3.99. The molecule has 0 saturated heterocycles. The topological polar surface area (TPSA) is 25.8 Å². The fourth-order valence-electron chi connectivity index (χ4n) is 1.27. The van der Waals surface area contributed by atoms with Crippen LogP contribution in [0, 0.1) is 0 Å². The maximum Gasteiger partial charge on any atom is 0.105 e. The molecule has 2 aromatic rings. The third-order valence-corrected chi connectivity index (χ3v) is 2.54. The molecule has 2 nitrogen and oxygen atoms in total. The van der Waals surface area contributed by atoms with Crippen LogP contribution in [0.5, 0.6) is 0 Å². The molecule has 62 valence electrons. The van der Waals surface area contributed by atoms with E-state index in [2.05, 4.69) is 28.6 Å². The number of rotatable bonds is 2. The third kappa shape index (κ3) is 1.32. The van der Waals surface area contributed by atoms with Gasteiger partial charge in [0.15, 0.2) is 0 Å². The van der Waals surface area contributed by atoms with E-state index in [0.717, 1.165) is 11.9 Å². The van der Waals surface area contributed by atoms with Crippen LogP contribution < -0.4 is 0 Å². The number of aromatic nitrogens is 2. The van der Waals surface area contributed by atoms with Gasteiger partial charge in [0, 0.05) is 0 Å². The second-order valence-corrected chi connectivity index (χ2v) is 3.61. The maximum absolute atomic E-state index is 3.99. The lowest BCUT2D eigenvalue weighted by atomic mass is 10.1. The van der Waals surface area contributed by atoms with Crippen molar-refractivity contribution in [1.82, 2.24) is 9.59 Å². The van der Waals surface area contributed by atoms with Gasteiger partial charge in [-0.1, -0.05) is 23.9 Å². The van der Waals surface area contributed by atoms with Crippen molar-refractivity contribution in [3.63, 3.8) is 0 Å². The zero-order valence-corrected chi connectivity index (χ0v) is 7.77. The zero-order valence-electron chi connectivity index (χ0n) is 6.95. The van der Waals surface area contributed by atoms with E-state index in [4.69, 9.17) is 0 Å². The van der Waals surface area contributed by atoms with Gasteiger partial charge in [-0.3, -0.25) is 0 Å². The fraction of sp³-hybridized carbons (Fsp3) is 0.333. The zero-order chi connectivity index (χ0) is 8.39. The monoisotopic (exact) mass is 178 g/mol. The van der Waals surface area contributed by atoms with E-state index in [1.54, 1.807) is 0 Å². The molecule has 0 fully saturated rings. The Hall–Kier alpha value is -0.960. The Morgan fingerprint density at radius 2 is 2.33 bits per heavy atom. The summed E-state index contributed by atoms with van der Waals surface area (Å²) in [4.78, 5) is 0. The summed E-state index contributed by atoms with van der Waals surface area (Å²) in [6.45, 7) is 2.19. The Balaban J connectivity index is 2.46. The van der Waals surface area contributed by atoms with Gasteiger partial charge in [-0.25, -0.2) is 0 Å². The molecule has 2 rings (SSSR count). The van der Waals surface area contributed by atoms with Gasteiger partial charge in [0.25, 0.3) is 0 Å². The Bertz CT molecular complexity index is 381. The van der Waals surface area contributed by atoms with Crippen LogP contribution in [-0.4, -0.2) is 9.59 Å². The highest BCUT2D eigenvalue weighted by Crippen LogP contribution is 2.17. The molecule has 0 radical (unpaired) electrons. The minimum Gasteiger partial charge on any atom is -0.138 e. The van der Waals surface area contributed by atoms with Crippen LogP contribution in [0.15, 0.2) is 18.2 Å². The van der Waals surface area contributed by atoms with Gasteiger partial charge in [-0.2, -0.15) is 0 Å². The first-order valence-corrected chi connectivity index (χ1v) is 4.88. The summed E-state index contributed by atoms with van der Waals surface area (Å²) >= 11 is 1.47. The standard InChI is InChI=1S/C9H10N2S/c1-2-3-7-4-5-8-9(6-7)12-11-10-8/h4-6H,2-3H2,1H3. The van der Waals surface area contributed by atoms with Gasteiger partial charge in [-0.05, 0) is 35.6 Å². The minimum absolute atomic E-state index is 1.01. The van der Waals surface area contributed by atoms with E-state index >= 15 is 0 Å². The Kier molecular flexibility index (Phi) is 2.04. The van der Waals surface area contributed by atoms with Crippen LogP contribution in [0.1, 0.15) is 18.9 Å². The number of nitrogens with zero attached hydrogens (tertiary/aromatic N) is 2. The highest BCUT2D eigenvalue weighted by molar-refractivity contribution is 7.12. The summed E-state index contributed by atoms with van der Waals surface area (Å²) in [6, 6.07) is 6.36. The van der Waals surface area contributed by atoms with E-state index in [0.29, 0.717) is 0 Å². The molecule has 0 aliphatic carbocycles. The van der Waals surface area contributed by atoms with Crippen molar-refractivity contribution in [2.24, 2.45) is 0 Å². The molecule has 0 atom stereocenters. The largest absolute Gasteiger partial charge is 0.138 e. The number of hydrogen-bond acceptors (Lipinski definition) is 3. The predicted molar refractivity (Wildman–Crippen MR) is 51.4 cm³/mol. The Morgan fingerprint density at radius 1 is 1.42 bits per heavy atom.